The van der Waals surface area contributed by atoms with Crippen molar-refractivity contribution in [1.82, 2.24) is 24.8 Å². The topological polar surface area (TPSA) is 62.5 Å². The largest absolute Gasteiger partial charge is 0.352 e. The number of imidazole rings is 1. The van der Waals surface area contributed by atoms with E-state index in [1.165, 1.54) is 17.8 Å². The Morgan fingerprint density at radius 1 is 1.00 bits per heavy atom. The fraction of sp³-hybridized carbons (Fsp3) is 0.529. The molecule has 2 aliphatic rings. The number of nitrogens with zero attached hydrogens (tertiary/aromatic N) is 7. The summed E-state index contributed by atoms with van der Waals surface area (Å²) in [5.74, 6) is 1.70. The molecule has 0 spiro atoms. The number of hydrogen-bond donors (Lipinski definition) is 0. The van der Waals surface area contributed by atoms with Crippen molar-refractivity contribution in [1.29, 1.82) is 0 Å². The van der Waals surface area contributed by atoms with Crippen molar-refractivity contribution < 1.29 is 0 Å². The van der Waals surface area contributed by atoms with Crippen molar-refractivity contribution >= 4 is 27.9 Å². The first-order valence-corrected chi connectivity index (χ1v) is 9.67. The lowest BCUT2D eigenvalue weighted by Crippen LogP contribution is -2.47. The van der Waals surface area contributed by atoms with Gasteiger partial charge in [-0.2, -0.15) is 0 Å². The molecule has 1 aliphatic heterocycles. The lowest BCUT2D eigenvalue weighted by molar-refractivity contribution is 0.637. The van der Waals surface area contributed by atoms with Crippen LogP contribution in [0.4, 0.5) is 10.9 Å². The summed E-state index contributed by atoms with van der Waals surface area (Å²) in [6.45, 7) is 7.91. The van der Waals surface area contributed by atoms with Crippen molar-refractivity contribution in [2.24, 2.45) is 0 Å². The normalized spacial score (nSPS) is 18.3. The summed E-state index contributed by atoms with van der Waals surface area (Å²) in [4.78, 5) is 9.23. The van der Waals surface area contributed by atoms with E-state index in [1.54, 1.807) is 11.3 Å². The molecule has 3 aromatic rings. The third kappa shape index (κ3) is 2.64. The Morgan fingerprint density at radius 2 is 1.76 bits per heavy atom. The van der Waals surface area contributed by atoms with Crippen LogP contribution in [-0.4, -0.2) is 51.0 Å². The van der Waals surface area contributed by atoms with Crippen LogP contribution in [0.25, 0.3) is 5.65 Å². The second kappa shape index (κ2) is 5.66. The van der Waals surface area contributed by atoms with Gasteiger partial charge >= 0.3 is 0 Å². The average molecular weight is 355 g/mol. The average Bonchev–Trinajstić information content (AvgIpc) is 3.31. The first-order chi connectivity index (χ1) is 12.2. The highest BCUT2D eigenvalue weighted by Gasteiger charge is 2.29. The second-order valence-corrected chi connectivity index (χ2v) is 7.90. The number of piperazine rings is 1. The smallest absolute Gasteiger partial charge is 0.208 e. The van der Waals surface area contributed by atoms with E-state index in [-0.39, 0.29) is 0 Å². The number of aryl methyl sites for hydroxylation is 2. The zero-order valence-corrected chi connectivity index (χ0v) is 15.3. The zero-order valence-electron chi connectivity index (χ0n) is 14.5. The Labute approximate surface area is 150 Å². The molecular formula is C17H21N7S. The van der Waals surface area contributed by atoms with Gasteiger partial charge in [0.1, 0.15) is 10.8 Å². The summed E-state index contributed by atoms with van der Waals surface area (Å²) >= 11 is 1.77. The quantitative estimate of drug-likeness (QED) is 0.719. The van der Waals surface area contributed by atoms with E-state index in [4.69, 9.17) is 5.10 Å². The molecule has 0 bridgehead atoms. The fourth-order valence-electron chi connectivity index (χ4n) is 3.29. The Balaban J connectivity index is 1.31. The molecule has 1 saturated carbocycles. The number of fused-ring (bicyclic) bond motifs is 1. The molecule has 0 amide bonds. The maximum atomic E-state index is 4.79. The van der Waals surface area contributed by atoms with Gasteiger partial charge in [0.2, 0.25) is 5.13 Å². The number of hydrogen-bond acceptors (Lipinski definition) is 7. The molecule has 8 heteroatoms. The lowest BCUT2D eigenvalue weighted by Gasteiger charge is -2.34. The third-order valence-electron chi connectivity index (χ3n) is 5.16. The van der Waals surface area contributed by atoms with Gasteiger partial charge < -0.3 is 9.80 Å². The Kier molecular flexibility index (Phi) is 3.41. The van der Waals surface area contributed by atoms with E-state index in [9.17, 15) is 0 Å². The summed E-state index contributed by atoms with van der Waals surface area (Å²) in [5, 5.41) is 15.9. The second-order valence-electron chi connectivity index (χ2n) is 6.92. The Hall–Kier alpha value is -2.22. The van der Waals surface area contributed by atoms with Crippen LogP contribution >= 0.6 is 11.3 Å². The molecule has 0 unspecified atom stereocenters. The minimum Gasteiger partial charge on any atom is -0.352 e. The van der Waals surface area contributed by atoms with E-state index >= 15 is 0 Å². The van der Waals surface area contributed by atoms with E-state index in [2.05, 4.69) is 44.0 Å². The number of aromatic nitrogens is 5. The van der Waals surface area contributed by atoms with Gasteiger partial charge in [0.25, 0.3) is 0 Å². The van der Waals surface area contributed by atoms with Crippen LogP contribution in [0.1, 0.15) is 35.2 Å². The summed E-state index contributed by atoms with van der Waals surface area (Å²) in [7, 11) is 0. The van der Waals surface area contributed by atoms with Gasteiger partial charge in [0.05, 0.1) is 11.4 Å². The maximum absolute atomic E-state index is 4.79. The van der Waals surface area contributed by atoms with Crippen molar-refractivity contribution in [2.45, 2.75) is 32.6 Å². The summed E-state index contributed by atoms with van der Waals surface area (Å²) in [5.41, 5.74) is 3.06. The molecule has 3 aromatic heterocycles. The number of anilines is 2. The van der Waals surface area contributed by atoms with Crippen molar-refractivity contribution in [3.63, 3.8) is 0 Å². The third-order valence-corrected chi connectivity index (χ3v) is 6.30. The molecule has 0 aromatic carbocycles. The molecule has 5 rings (SSSR count). The first-order valence-electron chi connectivity index (χ1n) is 8.85. The van der Waals surface area contributed by atoms with Crippen LogP contribution in [0, 0.1) is 13.8 Å². The van der Waals surface area contributed by atoms with Crippen LogP contribution in [0.5, 0.6) is 0 Å². The lowest BCUT2D eigenvalue weighted by atomic mass is 10.3. The van der Waals surface area contributed by atoms with Gasteiger partial charge in [0, 0.05) is 32.1 Å². The van der Waals surface area contributed by atoms with E-state index < -0.39 is 0 Å². The van der Waals surface area contributed by atoms with Crippen LogP contribution in [0.15, 0.2) is 12.1 Å². The molecule has 0 atom stereocenters. The van der Waals surface area contributed by atoms with E-state index in [1.807, 2.05) is 11.4 Å². The first kappa shape index (κ1) is 15.1. The fourth-order valence-corrected chi connectivity index (χ4v) is 4.35. The van der Waals surface area contributed by atoms with Gasteiger partial charge in [-0.1, -0.05) is 11.3 Å². The summed E-state index contributed by atoms with van der Waals surface area (Å²) in [6.07, 6.45) is 2.56. The molecule has 25 heavy (non-hydrogen) atoms. The van der Waals surface area contributed by atoms with Crippen LogP contribution in [0.3, 0.4) is 0 Å². The van der Waals surface area contributed by atoms with E-state index in [0.29, 0.717) is 5.92 Å². The van der Waals surface area contributed by atoms with Crippen LogP contribution in [-0.2, 0) is 0 Å². The predicted molar refractivity (Wildman–Crippen MR) is 98.8 cm³/mol. The minimum atomic E-state index is 0.686. The van der Waals surface area contributed by atoms with Crippen LogP contribution in [0.2, 0.25) is 0 Å². The van der Waals surface area contributed by atoms with Gasteiger partial charge in [-0.15, -0.1) is 15.3 Å². The van der Waals surface area contributed by atoms with Gasteiger partial charge in [0.15, 0.2) is 5.65 Å². The molecule has 4 heterocycles. The maximum Gasteiger partial charge on any atom is 0.208 e. The Morgan fingerprint density at radius 3 is 2.52 bits per heavy atom. The van der Waals surface area contributed by atoms with Gasteiger partial charge in [-0.25, -0.2) is 9.50 Å². The standard InChI is InChI=1S/C17H21N7S/c1-11-12(2)24-14(18-11)5-6-15(21-24)22-7-9-23(10-8-22)17-20-19-16(25-17)13-3-4-13/h5-6,13H,3-4,7-10H2,1-2H3. The highest BCUT2D eigenvalue weighted by Crippen LogP contribution is 2.42. The minimum absolute atomic E-state index is 0.686. The molecule has 1 aliphatic carbocycles. The van der Waals surface area contributed by atoms with Gasteiger partial charge in [-0.3, -0.25) is 0 Å². The van der Waals surface area contributed by atoms with Gasteiger partial charge in [-0.05, 0) is 38.8 Å². The predicted octanol–water partition coefficient (Wildman–Crippen LogP) is 2.40. The summed E-state index contributed by atoms with van der Waals surface area (Å²) in [6, 6.07) is 4.13. The van der Waals surface area contributed by atoms with Crippen LogP contribution < -0.4 is 9.80 Å². The molecule has 0 N–H and O–H groups in total. The molecule has 0 radical (unpaired) electrons. The van der Waals surface area contributed by atoms with Crippen molar-refractivity contribution in [2.75, 3.05) is 36.0 Å². The highest BCUT2D eigenvalue weighted by atomic mass is 32.1. The molecular weight excluding hydrogens is 334 g/mol. The monoisotopic (exact) mass is 355 g/mol. The molecule has 1 saturated heterocycles. The Bertz CT molecular complexity index is 918. The van der Waals surface area contributed by atoms with E-state index in [0.717, 1.165) is 54.2 Å². The molecule has 2 fully saturated rings. The SMILES string of the molecule is Cc1nc2ccc(N3CCN(c4nnc(C5CC5)s4)CC3)nn2c1C. The summed E-state index contributed by atoms with van der Waals surface area (Å²) < 4.78 is 1.95. The molecule has 7 nitrogen and oxygen atoms in total. The highest BCUT2D eigenvalue weighted by molar-refractivity contribution is 7.15. The molecule has 130 valence electrons. The zero-order chi connectivity index (χ0) is 17.0. The van der Waals surface area contributed by atoms with Crippen molar-refractivity contribution in [3.8, 4) is 0 Å². The van der Waals surface area contributed by atoms with Crippen molar-refractivity contribution in [3.05, 3.63) is 28.5 Å². The number of rotatable bonds is 3.